The number of benzene rings is 2. The van der Waals surface area contributed by atoms with E-state index >= 15 is 0 Å². The van der Waals surface area contributed by atoms with Gasteiger partial charge in [0, 0.05) is 18.1 Å². The van der Waals surface area contributed by atoms with Crippen molar-refractivity contribution in [3.63, 3.8) is 0 Å². The van der Waals surface area contributed by atoms with E-state index in [1.165, 1.54) is 0 Å². The summed E-state index contributed by atoms with van der Waals surface area (Å²) in [5.74, 6) is 0.855. The maximum Gasteiger partial charge on any atom is 0.143 e. The number of ether oxygens (including phenoxy) is 1. The molecule has 2 atom stereocenters. The molecule has 2 aliphatic rings. The topological polar surface area (TPSA) is 42.8 Å². The minimum absolute atomic E-state index is 0.152. The van der Waals surface area contributed by atoms with Crippen molar-refractivity contribution in [1.29, 1.82) is 0 Å². The molecule has 0 spiro atoms. The molecule has 2 unspecified atom stereocenters. The van der Waals surface area contributed by atoms with Gasteiger partial charge in [0.25, 0.3) is 0 Å². The zero-order valence-corrected chi connectivity index (χ0v) is 16.0. The molecule has 1 aliphatic carbocycles. The van der Waals surface area contributed by atoms with Gasteiger partial charge >= 0.3 is 0 Å². The van der Waals surface area contributed by atoms with Crippen molar-refractivity contribution in [3.05, 3.63) is 63.6 Å². The maximum atomic E-state index is 6.40. The van der Waals surface area contributed by atoms with Gasteiger partial charge in [0.2, 0.25) is 0 Å². The van der Waals surface area contributed by atoms with Gasteiger partial charge in [-0.1, -0.05) is 58.7 Å². The van der Waals surface area contributed by atoms with E-state index < -0.39 is 5.60 Å². The summed E-state index contributed by atoms with van der Waals surface area (Å²) in [4.78, 5) is 5.60. The van der Waals surface area contributed by atoms with Gasteiger partial charge in [-0.25, -0.2) is 0 Å². The van der Waals surface area contributed by atoms with Crippen LogP contribution in [-0.4, -0.2) is 25.9 Å². The number of halogens is 2. The Morgan fingerprint density at radius 3 is 2.77 bits per heavy atom. The first-order chi connectivity index (χ1) is 12.7. The number of rotatable bonds is 6. The molecule has 0 saturated heterocycles. The first-order valence-corrected chi connectivity index (χ1v) is 9.50. The fraction of sp³-hybridized carbons (Fsp3) is 0.350. The molecule has 2 aromatic rings. The molecule has 26 heavy (non-hydrogen) atoms. The van der Waals surface area contributed by atoms with E-state index in [0.29, 0.717) is 22.4 Å². The van der Waals surface area contributed by atoms with E-state index in [1.54, 1.807) is 6.07 Å². The van der Waals surface area contributed by atoms with E-state index in [0.717, 1.165) is 36.2 Å². The van der Waals surface area contributed by atoms with Crippen molar-refractivity contribution < 1.29 is 9.57 Å². The van der Waals surface area contributed by atoms with Crippen molar-refractivity contribution in [1.82, 2.24) is 5.32 Å². The Balaban J connectivity index is 1.69. The van der Waals surface area contributed by atoms with Crippen LogP contribution < -0.4 is 10.1 Å². The van der Waals surface area contributed by atoms with Crippen molar-refractivity contribution in [2.45, 2.75) is 18.4 Å². The van der Waals surface area contributed by atoms with Crippen LogP contribution >= 0.6 is 23.2 Å². The fourth-order valence-electron chi connectivity index (χ4n) is 3.51. The number of hydrogen-bond donors (Lipinski definition) is 1. The molecule has 4 nitrogen and oxygen atoms in total. The zero-order valence-electron chi connectivity index (χ0n) is 14.5. The lowest BCUT2D eigenvalue weighted by atomic mass is 9.95. The number of nitrogens with one attached hydrogen (secondary N) is 1. The second-order valence-corrected chi connectivity index (χ2v) is 7.46. The third-order valence-electron chi connectivity index (χ3n) is 4.92. The normalized spacial score (nSPS) is 24.6. The van der Waals surface area contributed by atoms with E-state index in [4.69, 9.17) is 32.8 Å². The first-order valence-electron chi connectivity index (χ1n) is 8.74. The maximum absolute atomic E-state index is 6.40. The van der Waals surface area contributed by atoms with Gasteiger partial charge in [-0.2, -0.15) is 0 Å². The number of fused-ring (bicyclic) bond motifs is 2. The predicted octanol–water partition coefficient (Wildman–Crippen LogP) is 4.63. The highest BCUT2D eigenvalue weighted by Gasteiger charge is 2.64. The highest BCUT2D eigenvalue weighted by Crippen LogP contribution is 2.60. The summed E-state index contributed by atoms with van der Waals surface area (Å²) in [6.07, 6.45) is 1.76. The Bertz CT molecular complexity index is 841. The highest BCUT2D eigenvalue weighted by molar-refractivity contribution is 6.42. The predicted molar refractivity (Wildman–Crippen MR) is 104 cm³/mol. The molecule has 1 saturated carbocycles. The lowest BCUT2D eigenvalue weighted by Gasteiger charge is -2.28. The van der Waals surface area contributed by atoms with Crippen LogP contribution in [0.1, 0.15) is 24.0 Å². The van der Waals surface area contributed by atoms with Gasteiger partial charge in [0.15, 0.2) is 0 Å². The monoisotopic (exact) mass is 390 g/mol. The largest absolute Gasteiger partial charge is 0.481 e. The molecule has 2 aromatic carbocycles. The van der Waals surface area contributed by atoms with Gasteiger partial charge in [-0.05, 0) is 31.6 Å². The van der Waals surface area contributed by atoms with Crippen LogP contribution in [-0.2, 0) is 10.4 Å². The number of hydrogen-bond acceptors (Lipinski definition) is 4. The lowest BCUT2D eigenvalue weighted by Crippen LogP contribution is -2.28. The van der Waals surface area contributed by atoms with Gasteiger partial charge in [-0.15, -0.1) is 0 Å². The fourth-order valence-corrected chi connectivity index (χ4v) is 3.83. The molecule has 1 aliphatic heterocycles. The first kappa shape index (κ1) is 17.7. The SMILES string of the molecule is CNCCCON=C1c2cc(Cl)c(Cl)cc2OC2(c3ccccc3)CC12. The summed E-state index contributed by atoms with van der Waals surface area (Å²) in [5.41, 5.74) is 2.50. The summed E-state index contributed by atoms with van der Waals surface area (Å²) in [7, 11) is 1.92. The Morgan fingerprint density at radius 1 is 1.23 bits per heavy atom. The van der Waals surface area contributed by atoms with Crippen molar-refractivity contribution in [3.8, 4) is 5.75 Å². The minimum Gasteiger partial charge on any atom is -0.481 e. The Kier molecular flexibility index (Phi) is 4.82. The second-order valence-electron chi connectivity index (χ2n) is 6.64. The van der Waals surface area contributed by atoms with Crippen molar-refractivity contribution in [2.75, 3.05) is 20.2 Å². The van der Waals surface area contributed by atoms with Crippen LogP contribution in [0.5, 0.6) is 5.75 Å². The average Bonchev–Trinajstić information content (AvgIpc) is 3.38. The van der Waals surface area contributed by atoms with E-state index in [2.05, 4.69) is 22.6 Å². The van der Waals surface area contributed by atoms with E-state index in [1.807, 2.05) is 31.3 Å². The smallest absolute Gasteiger partial charge is 0.143 e. The Labute approximate surface area is 163 Å². The van der Waals surface area contributed by atoms with E-state index in [9.17, 15) is 0 Å². The van der Waals surface area contributed by atoms with Crippen molar-refractivity contribution in [2.24, 2.45) is 11.1 Å². The van der Waals surface area contributed by atoms with Gasteiger partial charge in [0.1, 0.15) is 18.0 Å². The summed E-state index contributed by atoms with van der Waals surface area (Å²) in [5, 5.41) is 8.53. The van der Waals surface area contributed by atoms with Crippen LogP contribution in [0.3, 0.4) is 0 Å². The summed E-state index contributed by atoms with van der Waals surface area (Å²) < 4.78 is 6.40. The van der Waals surface area contributed by atoms with E-state index in [-0.39, 0.29) is 5.92 Å². The third kappa shape index (κ3) is 3.07. The molecule has 136 valence electrons. The summed E-state index contributed by atoms with van der Waals surface area (Å²) in [6, 6.07) is 13.8. The van der Waals surface area contributed by atoms with Gasteiger partial charge in [0.05, 0.1) is 21.7 Å². The molecule has 0 aromatic heterocycles. The summed E-state index contributed by atoms with van der Waals surface area (Å²) in [6.45, 7) is 1.45. The number of oxime groups is 1. The molecule has 1 fully saturated rings. The third-order valence-corrected chi connectivity index (χ3v) is 5.64. The van der Waals surface area contributed by atoms with Gasteiger partial charge < -0.3 is 14.9 Å². The average molecular weight is 391 g/mol. The highest BCUT2D eigenvalue weighted by atomic mass is 35.5. The Morgan fingerprint density at radius 2 is 2.00 bits per heavy atom. The quantitative estimate of drug-likeness (QED) is 0.577. The van der Waals surface area contributed by atoms with Crippen LogP contribution in [0.15, 0.2) is 47.6 Å². The Hall–Kier alpha value is -1.75. The van der Waals surface area contributed by atoms with Crippen LogP contribution in [0.4, 0.5) is 0 Å². The molecule has 0 amide bonds. The lowest BCUT2D eigenvalue weighted by molar-refractivity contribution is 0.135. The zero-order chi connectivity index (χ0) is 18.1. The molecular formula is C20H20Cl2N2O2. The standard InChI is InChI=1S/C20H20Cl2N2O2/c1-23-8-5-9-25-24-19-14-10-16(21)17(22)11-18(14)26-20(12-15(19)20)13-6-3-2-4-7-13/h2-4,6-7,10-11,15,23H,5,8-9,12H2,1H3. The minimum atomic E-state index is -0.390. The molecule has 6 heteroatoms. The molecule has 1 heterocycles. The molecule has 1 N–H and O–H groups in total. The van der Waals surface area contributed by atoms with Crippen molar-refractivity contribution >= 4 is 28.9 Å². The van der Waals surface area contributed by atoms with Crippen LogP contribution in [0, 0.1) is 5.92 Å². The molecule has 0 radical (unpaired) electrons. The molecular weight excluding hydrogens is 371 g/mol. The van der Waals surface area contributed by atoms with Crippen LogP contribution in [0.25, 0.3) is 0 Å². The molecule has 0 bridgehead atoms. The number of nitrogens with zero attached hydrogens (tertiary/aromatic N) is 1. The summed E-state index contributed by atoms with van der Waals surface area (Å²) >= 11 is 12.5. The van der Waals surface area contributed by atoms with Gasteiger partial charge in [-0.3, -0.25) is 0 Å². The van der Waals surface area contributed by atoms with Crippen LogP contribution in [0.2, 0.25) is 10.0 Å². The second kappa shape index (κ2) is 7.10. The molecule has 4 rings (SSSR count).